The molecule has 0 aliphatic heterocycles. The Kier molecular flexibility index (Phi) is 4.05. The van der Waals surface area contributed by atoms with E-state index in [1.54, 1.807) is 11.1 Å². The lowest BCUT2D eigenvalue weighted by molar-refractivity contribution is 0.304. The number of halogens is 1. The monoisotopic (exact) mass is 261 g/mol. The van der Waals surface area contributed by atoms with Gasteiger partial charge in [-0.05, 0) is 15.9 Å². The van der Waals surface area contributed by atoms with Crippen molar-refractivity contribution >= 4 is 27.7 Å². The lowest BCUT2D eigenvalue weighted by Crippen LogP contribution is -2.23. The van der Waals surface area contributed by atoms with Gasteiger partial charge in [-0.2, -0.15) is 4.98 Å². The molecule has 0 fully saturated rings. The highest BCUT2D eigenvalue weighted by molar-refractivity contribution is 9.10. The fourth-order valence-electron chi connectivity index (χ4n) is 0.951. The first-order valence-electron chi connectivity index (χ1n) is 4.00. The second-order valence-corrected chi connectivity index (χ2v) is 3.51. The number of nitrogen functional groups attached to an aromatic ring is 1. The first kappa shape index (κ1) is 11.2. The van der Waals surface area contributed by atoms with E-state index in [0.29, 0.717) is 18.3 Å². The number of nitrogens with zero attached hydrogens (tertiary/aromatic N) is 3. The van der Waals surface area contributed by atoms with E-state index in [1.165, 1.54) is 0 Å². The highest BCUT2D eigenvalue weighted by Gasteiger charge is 2.08. The Morgan fingerprint density at radius 2 is 2.43 bits per heavy atom. The first-order valence-corrected chi connectivity index (χ1v) is 4.79. The van der Waals surface area contributed by atoms with Gasteiger partial charge in [0, 0.05) is 19.8 Å². The predicted molar refractivity (Wildman–Crippen MR) is 57.9 cm³/mol. The molecular weight excluding hydrogens is 250 g/mol. The molecule has 0 aromatic carbocycles. The van der Waals surface area contributed by atoms with Gasteiger partial charge >= 0.3 is 0 Å². The van der Waals surface area contributed by atoms with E-state index < -0.39 is 0 Å². The zero-order chi connectivity index (χ0) is 10.6. The number of aliphatic hydroxyl groups is 1. The van der Waals surface area contributed by atoms with Crippen molar-refractivity contribution < 1.29 is 5.11 Å². The number of rotatable bonds is 4. The highest BCUT2D eigenvalue weighted by Crippen LogP contribution is 2.22. The van der Waals surface area contributed by atoms with Gasteiger partial charge in [-0.3, -0.25) is 5.43 Å². The van der Waals surface area contributed by atoms with Crippen molar-refractivity contribution in [3.05, 3.63) is 10.7 Å². The lowest BCUT2D eigenvalue weighted by atomic mass is 10.5. The summed E-state index contributed by atoms with van der Waals surface area (Å²) in [6.45, 7) is 0.567. The quantitative estimate of drug-likeness (QED) is 0.521. The van der Waals surface area contributed by atoms with E-state index in [4.69, 9.17) is 10.9 Å². The Morgan fingerprint density at radius 3 is 3.00 bits per heavy atom. The maximum Gasteiger partial charge on any atom is 0.239 e. The molecule has 4 N–H and O–H groups in total. The van der Waals surface area contributed by atoms with Crippen LogP contribution in [0.1, 0.15) is 0 Å². The minimum absolute atomic E-state index is 0.0678. The molecule has 0 aliphatic carbocycles. The molecule has 0 saturated carbocycles. The van der Waals surface area contributed by atoms with E-state index in [2.05, 4.69) is 31.3 Å². The van der Waals surface area contributed by atoms with Crippen LogP contribution < -0.4 is 16.2 Å². The predicted octanol–water partition coefficient (Wildman–Crippen LogP) is -0.0468. The molecule has 0 atom stereocenters. The van der Waals surface area contributed by atoms with Crippen LogP contribution in [-0.4, -0.2) is 35.3 Å². The summed E-state index contributed by atoms with van der Waals surface area (Å²) in [5, 5.41) is 8.77. The van der Waals surface area contributed by atoms with Crippen LogP contribution in [0.4, 0.5) is 11.8 Å². The van der Waals surface area contributed by atoms with Crippen LogP contribution in [0.25, 0.3) is 0 Å². The van der Waals surface area contributed by atoms with Crippen molar-refractivity contribution in [2.45, 2.75) is 0 Å². The van der Waals surface area contributed by atoms with Crippen LogP contribution >= 0.6 is 15.9 Å². The molecule has 78 valence electrons. The van der Waals surface area contributed by atoms with Gasteiger partial charge in [0.2, 0.25) is 5.95 Å². The van der Waals surface area contributed by atoms with Gasteiger partial charge < -0.3 is 10.0 Å². The molecule has 1 rings (SSSR count). The summed E-state index contributed by atoms with van der Waals surface area (Å²) in [6.07, 6.45) is 1.60. The Morgan fingerprint density at radius 1 is 1.71 bits per heavy atom. The third-order valence-electron chi connectivity index (χ3n) is 1.65. The van der Waals surface area contributed by atoms with Crippen LogP contribution in [0.2, 0.25) is 0 Å². The fourth-order valence-corrected chi connectivity index (χ4v) is 1.45. The standard InChI is InChI=1S/C7H12BrN5O/c1-13(2-3-14)6-5(8)4-10-7(11-6)12-9/h4,14H,2-3,9H2,1H3,(H,10,11,12). The largest absolute Gasteiger partial charge is 0.395 e. The third-order valence-corrected chi connectivity index (χ3v) is 2.21. The van der Waals surface area contributed by atoms with E-state index >= 15 is 0 Å². The SMILES string of the molecule is CN(CCO)c1nc(NN)ncc1Br. The molecule has 1 aromatic heterocycles. The van der Waals surface area contributed by atoms with Gasteiger partial charge in [0.15, 0.2) is 0 Å². The minimum Gasteiger partial charge on any atom is -0.395 e. The second-order valence-electron chi connectivity index (χ2n) is 2.65. The number of aromatic nitrogens is 2. The van der Waals surface area contributed by atoms with Crippen LogP contribution in [0.15, 0.2) is 10.7 Å². The highest BCUT2D eigenvalue weighted by atomic mass is 79.9. The zero-order valence-corrected chi connectivity index (χ0v) is 9.32. The Hall–Kier alpha value is -0.920. The number of hydrogen-bond donors (Lipinski definition) is 3. The number of likely N-dealkylation sites (N-methyl/N-ethyl adjacent to an activating group) is 1. The summed E-state index contributed by atoms with van der Waals surface area (Å²) < 4.78 is 0.757. The Labute approximate surface area is 90.2 Å². The second kappa shape index (κ2) is 5.08. The van der Waals surface area contributed by atoms with Gasteiger partial charge in [0.05, 0.1) is 11.1 Å². The third kappa shape index (κ3) is 2.53. The van der Waals surface area contributed by atoms with Gasteiger partial charge in [0.25, 0.3) is 0 Å². The maximum absolute atomic E-state index is 8.77. The number of anilines is 2. The number of aliphatic hydroxyl groups excluding tert-OH is 1. The van der Waals surface area contributed by atoms with Crippen molar-refractivity contribution in [3.8, 4) is 0 Å². The van der Waals surface area contributed by atoms with Crippen LogP contribution in [0, 0.1) is 0 Å². The van der Waals surface area contributed by atoms with Crippen molar-refractivity contribution in [2.24, 2.45) is 5.84 Å². The molecule has 0 saturated heterocycles. The summed E-state index contributed by atoms with van der Waals surface area (Å²) in [5.41, 5.74) is 2.36. The van der Waals surface area contributed by atoms with Crippen molar-refractivity contribution in [1.82, 2.24) is 9.97 Å². The van der Waals surface area contributed by atoms with Gasteiger partial charge in [-0.15, -0.1) is 0 Å². The smallest absolute Gasteiger partial charge is 0.239 e. The zero-order valence-electron chi connectivity index (χ0n) is 7.74. The molecule has 0 bridgehead atoms. The lowest BCUT2D eigenvalue weighted by Gasteiger charge is -2.18. The normalized spacial score (nSPS) is 10.0. The van der Waals surface area contributed by atoms with Crippen LogP contribution in [0.5, 0.6) is 0 Å². The summed E-state index contributed by atoms with van der Waals surface area (Å²) in [7, 11) is 1.82. The molecular formula is C7H12BrN5O. The summed E-state index contributed by atoms with van der Waals surface area (Å²) in [6, 6.07) is 0. The summed E-state index contributed by atoms with van der Waals surface area (Å²) in [5.74, 6) is 6.21. The molecule has 0 radical (unpaired) electrons. The topological polar surface area (TPSA) is 87.3 Å². The number of hydrogen-bond acceptors (Lipinski definition) is 6. The molecule has 0 aliphatic rings. The van der Waals surface area contributed by atoms with E-state index in [9.17, 15) is 0 Å². The van der Waals surface area contributed by atoms with Crippen LogP contribution in [-0.2, 0) is 0 Å². The van der Waals surface area contributed by atoms with E-state index in [0.717, 1.165) is 4.47 Å². The molecule has 7 heteroatoms. The molecule has 14 heavy (non-hydrogen) atoms. The number of nitrogens with one attached hydrogen (secondary N) is 1. The van der Waals surface area contributed by atoms with Gasteiger partial charge in [-0.25, -0.2) is 10.8 Å². The maximum atomic E-state index is 8.77. The Bertz CT molecular complexity index is 308. The van der Waals surface area contributed by atoms with Gasteiger partial charge in [-0.1, -0.05) is 0 Å². The molecule has 1 aromatic rings. The van der Waals surface area contributed by atoms with Crippen LogP contribution in [0.3, 0.4) is 0 Å². The number of hydrazine groups is 1. The van der Waals surface area contributed by atoms with E-state index in [-0.39, 0.29) is 6.61 Å². The molecule has 0 unspecified atom stereocenters. The van der Waals surface area contributed by atoms with E-state index in [1.807, 2.05) is 7.05 Å². The van der Waals surface area contributed by atoms with Gasteiger partial charge in [0.1, 0.15) is 5.82 Å². The Balaban J connectivity index is 2.93. The van der Waals surface area contributed by atoms with Crippen molar-refractivity contribution in [2.75, 3.05) is 30.5 Å². The minimum atomic E-state index is 0.0678. The van der Waals surface area contributed by atoms with Crippen molar-refractivity contribution in [3.63, 3.8) is 0 Å². The first-order chi connectivity index (χ1) is 6.69. The average molecular weight is 262 g/mol. The average Bonchev–Trinajstić information content (AvgIpc) is 2.19. The molecule has 0 spiro atoms. The molecule has 0 amide bonds. The summed E-state index contributed by atoms with van der Waals surface area (Å²) >= 11 is 3.31. The fraction of sp³-hybridized carbons (Fsp3) is 0.429. The molecule has 1 heterocycles. The van der Waals surface area contributed by atoms with Crippen molar-refractivity contribution in [1.29, 1.82) is 0 Å². The summed E-state index contributed by atoms with van der Waals surface area (Å²) in [4.78, 5) is 9.84. The molecule has 6 nitrogen and oxygen atoms in total. The number of nitrogens with two attached hydrogens (primary N) is 1.